The summed E-state index contributed by atoms with van der Waals surface area (Å²) < 4.78 is 7.53. The largest absolute Gasteiger partial charge is 0.208 e. The molecule has 0 saturated heterocycles. The van der Waals surface area contributed by atoms with E-state index in [1.54, 1.807) is 11.3 Å². The number of hydrogen-bond donors (Lipinski definition) is 0. The van der Waals surface area contributed by atoms with Gasteiger partial charge in [0, 0.05) is 77.2 Å². The highest BCUT2D eigenvalue weighted by molar-refractivity contribution is 7.26. The Hall–Kier alpha value is -5.01. The first-order valence-corrected chi connectivity index (χ1v) is 17.2. The zero-order valence-electron chi connectivity index (χ0n) is 23.7. The summed E-state index contributed by atoms with van der Waals surface area (Å²) in [5.41, 5.74) is 3.01. The number of nitrogens with zero attached hydrogens (tertiary/aromatic N) is 3. The van der Waals surface area contributed by atoms with E-state index in [0.29, 0.717) is 17.5 Å². The lowest BCUT2D eigenvalue weighted by Gasteiger charge is -2.09. The summed E-state index contributed by atoms with van der Waals surface area (Å²) in [5.74, 6) is 2.06. The molecule has 3 nitrogen and oxygen atoms in total. The van der Waals surface area contributed by atoms with E-state index >= 15 is 0 Å². The molecule has 45 heavy (non-hydrogen) atoms. The van der Waals surface area contributed by atoms with E-state index in [4.69, 9.17) is 15.0 Å². The second-order valence-electron chi connectivity index (χ2n) is 11.2. The van der Waals surface area contributed by atoms with Crippen LogP contribution in [0.4, 0.5) is 0 Å². The molecule has 4 heterocycles. The fourth-order valence-electron chi connectivity index (χ4n) is 6.41. The maximum atomic E-state index is 5.18. The van der Waals surface area contributed by atoms with Gasteiger partial charge in [0.25, 0.3) is 0 Å². The van der Waals surface area contributed by atoms with Crippen LogP contribution in [-0.4, -0.2) is 15.0 Å². The normalized spacial score (nSPS) is 12.0. The highest BCUT2D eigenvalue weighted by Crippen LogP contribution is 2.41. The third-order valence-corrected chi connectivity index (χ3v) is 12.1. The molecule has 6 aromatic carbocycles. The Morgan fingerprint density at radius 1 is 0.333 bits per heavy atom. The third-order valence-electron chi connectivity index (χ3n) is 8.55. The number of rotatable bonds is 3. The molecule has 0 amide bonds. The van der Waals surface area contributed by atoms with Crippen molar-refractivity contribution >= 4 is 94.5 Å². The number of fused-ring (bicyclic) bond motifs is 9. The first kappa shape index (κ1) is 25.3. The second-order valence-corrected chi connectivity index (χ2v) is 14.4. The van der Waals surface area contributed by atoms with Crippen molar-refractivity contribution in [3.05, 3.63) is 127 Å². The van der Waals surface area contributed by atoms with Gasteiger partial charge in [-0.25, -0.2) is 15.0 Å². The van der Waals surface area contributed by atoms with Crippen molar-refractivity contribution in [2.45, 2.75) is 0 Å². The van der Waals surface area contributed by atoms with Gasteiger partial charge in [-0.2, -0.15) is 0 Å². The van der Waals surface area contributed by atoms with Crippen LogP contribution in [0.1, 0.15) is 0 Å². The van der Waals surface area contributed by atoms with Crippen molar-refractivity contribution in [2.75, 3.05) is 0 Å². The average Bonchev–Trinajstić information content (AvgIpc) is 3.78. The Morgan fingerprint density at radius 2 is 0.844 bits per heavy atom. The maximum absolute atomic E-state index is 5.18. The first-order valence-electron chi connectivity index (χ1n) is 14.8. The average molecular weight is 628 g/mol. The molecular formula is C39H21N3S3. The molecule has 0 aliphatic heterocycles. The maximum Gasteiger partial charge on any atom is 0.165 e. The Bertz CT molecular complexity index is 2790. The van der Waals surface area contributed by atoms with Crippen molar-refractivity contribution in [2.24, 2.45) is 0 Å². The van der Waals surface area contributed by atoms with Crippen LogP contribution < -0.4 is 0 Å². The lowest BCUT2D eigenvalue weighted by molar-refractivity contribution is 1.08. The first-order chi connectivity index (χ1) is 22.3. The Kier molecular flexibility index (Phi) is 5.49. The van der Waals surface area contributed by atoms with Gasteiger partial charge in [0.1, 0.15) is 0 Å². The predicted molar refractivity (Wildman–Crippen MR) is 195 cm³/mol. The van der Waals surface area contributed by atoms with E-state index in [1.807, 2.05) is 22.7 Å². The molecule has 0 N–H and O–H groups in total. The highest BCUT2D eigenvalue weighted by Gasteiger charge is 2.18. The Balaban J connectivity index is 1.23. The van der Waals surface area contributed by atoms with Crippen LogP contribution in [0.5, 0.6) is 0 Å². The summed E-state index contributed by atoms with van der Waals surface area (Å²) in [5, 5.41) is 7.54. The SMILES string of the molecule is c1ccc2c(c1)sc1cc(-c3nc(-c4ccc5sc6ccccc6c5c4)nc(-c4cccc5c4sc4ccccc45)n3)ccc12. The zero-order valence-corrected chi connectivity index (χ0v) is 26.1. The highest BCUT2D eigenvalue weighted by atomic mass is 32.1. The molecule has 0 spiro atoms. The standard InChI is InChI=1S/C39H21N3S3/c1-4-13-31-24(8-1)27-18-16-23(21-35(27)44-31)38-40-37(22-17-19-34-30(20-22)26-10-3-5-14-32(26)43-34)41-39(42-38)29-12-7-11-28-25-9-2-6-15-33(25)45-36(28)29/h1-21H. The van der Waals surface area contributed by atoms with Crippen LogP contribution in [0.2, 0.25) is 0 Å². The summed E-state index contributed by atoms with van der Waals surface area (Å²) in [6.45, 7) is 0. The van der Waals surface area contributed by atoms with Crippen molar-refractivity contribution in [3.8, 4) is 34.2 Å². The van der Waals surface area contributed by atoms with Gasteiger partial charge in [0.2, 0.25) is 0 Å². The van der Waals surface area contributed by atoms with Crippen LogP contribution in [0.3, 0.4) is 0 Å². The molecule has 0 unspecified atom stereocenters. The predicted octanol–water partition coefficient (Wildman–Crippen LogP) is 12.0. The van der Waals surface area contributed by atoms with E-state index in [2.05, 4.69) is 127 Å². The van der Waals surface area contributed by atoms with E-state index < -0.39 is 0 Å². The summed E-state index contributed by atoms with van der Waals surface area (Å²) in [6, 6.07) is 45.4. The molecule has 210 valence electrons. The third kappa shape index (κ3) is 3.97. The van der Waals surface area contributed by atoms with E-state index in [9.17, 15) is 0 Å². The van der Waals surface area contributed by atoms with E-state index in [0.717, 1.165) is 16.7 Å². The summed E-state index contributed by atoms with van der Waals surface area (Å²) in [4.78, 5) is 15.5. The van der Waals surface area contributed by atoms with Gasteiger partial charge >= 0.3 is 0 Å². The van der Waals surface area contributed by atoms with Gasteiger partial charge in [-0.3, -0.25) is 0 Å². The van der Waals surface area contributed by atoms with Crippen LogP contribution in [0.15, 0.2) is 127 Å². The van der Waals surface area contributed by atoms with Gasteiger partial charge in [-0.1, -0.05) is 78.9 Å². The molecule has 10 rings (SSSR count). The number of benzene rings is 6. The van der Waals surface area contributed by atoms with Crippen LogP contribution >= 0.6 is 34.0 Å². The molecule has 6 heteroatoms. The van der Waals surface area contributed by atoms with Crippen LogP contribution in [0.25, 0.3) is 94.7 Å². The smallest absolute Gasteiger partial charge is 0.165 e. The summed E-state index contributed by atoms with van der Waals surface area (Å²) >= 11 is 5.43. The molecule has 10 aromatic rings. The van der Waals surface area contributed by atoms with E-state index in [-0.39, 0.29) is 0 Å². The molecule has 0 fully saturated rings. The van der Waals surface area contributed by atoms with Crippen molar-refractivity contribution < 1.29 is 0 Å². The molecule has 0 radical (unpaired) electrons. The molecular weight excluding hydrogens is 607 g/mol. The van der Waals surface area contributed by atoms with Gasteiger partial charge in [0.15, 0.2) is 17.5 Å². The molecule has 0 atom stereocenters. The zero-order chi connectivity index (χ0) is 29.5. The molecule has 0 aliphatic rings. The quantitative estimate of drug-likeness (QED) is 0.196. The monoisotopic (exact) mass is 627 g/mol. The number of thiophene rings is 3. The van der Waals surface area contributed by atoms with Crippen LogP contribution in [0, 0.1) is 0 Å². The topological polar surface area (TPSA) is 38.7 Å². The summed E-state index contributed by atoms with van der Waals surface area (Å²) in [6.07, 6.45) is 0. The molecule has 4 aromatic heterocycles. The minimum atomic E-state index is 0.682. The van der Waals surface area contributed by atoms with Crippen LogP contribution in [-0.2, 0) is 0 Å². The van der Waals surface area contributed by atoms with Gasteiger partial charge in [0.05, 0.1) is 0 Å². The van der Waals surface area contributed by atoms with Crippen molar-refractivity contribution in [3.63, 3.8) is 0 Å². The lowest BCUT2D eigenvalue weighted by atomic mass is 10.1. The minimum Gasteiger partial charge on any atom is -0.208 e. The molecule has 0 bridgehead atoms. The Labute approximate surface area is 269 Å². The number of aromatic nitrogens is 3. The molecule has 0 saturated carbocycles. The lowest BCUT2D eigenvalue weighted by Crippen LogP contribution is -2.00. The van der Waals surface area contributed by atoms with Gasteiger partial charge in [-0.15, -0.1) is 34.0 Å². The van der Waals surface area contributed by atoms with E-state index in [1.165, 1.54) is 60.5 Å². The fraction of sp³-hybridized carbons (Fsp3) is 0. The van der Waals surface area contributed by atoms with Crippen molar-refractivity contribution in [1.29, 1.82) is 0 Å². The number of hydrogen-bond acceptors (Lipinski definition) is 6. The molecule has 0 aliphatic carbocycles. The van der Waals surface area contributed by atoms with Crippen molar-refractivity contribution in [1.82, 2.24) is 15.0 Å². The fourth-order valence-corrected chi connectivity index (χ4v) is 9.85. The minimum absolute atomic E-state index is 0.682. The van der Waals surface area contributed by atoms with Gasteiger partial charge < -0.3 is 0 Å². The second kappa shape index (κ2) is 9.74. The van der Waals surface area contributed by atoms with Gasteiger partial charge in [-0.05, 0) is 48.5 Å². The Morgan fingerprint density at radius 3 is 1.60 bits per heavy atom. The summed E-state index contributed by atoms with van der Waals surface area (Å²) in [7, 11) is 0.